The SMILES string of the molecule is CSc1nnc(NC(=O)CSCc2ccc([N+](=O)[O-])cc2)s1. The van der Waals surface area contributed by atoms with Gasteiger partial charge in [-0.15, -0.1) is 22.0 Å². The number of hydrogen-bond acceptors (Lipinski definition) is 8. The molecule has 10 heteroatoms. The molecule has 7 nitrogen and oxygen atoms in total. The lowest BCUT2D eigenvalue weighted by Gasteiger charge is -2.02. The Kier molecular flexibility index (Phi) is 6.16. The highest BCUT2D eigenvalue weighted by molar-refractivity contribution is 8.00. The molecule has 1 N–H and O–H groups in total. The molecule has 116 valence electrons. The molecule has 0 atom stereocenters. The van der Waals surface area contributed by atoms with Crippen molar-refractivity contribution in [1.82, 2.24) is 10.2 Å². The van der Waals surface area contributed by atoms with Crippen molar-refractivity contribution in [3.05, 3.63) is 39.9 Å². The lowest BCUT2D eigenvalue weighted by molar-refractivity contribution is -0.384. The highest BCUT2D eigenvalue weighted by Gasteiger charge is 2.08. The summed E-state index contributed by atoms with van der Waals surface area (Å²) < 4.78 is 0.800. The molecule has 22 heavy (non-hydrogen) atoms. The van der Waals surface area contributed by atoms with E-state index in [0.717, 1.165) is 9.90 Å². The monoisotopic (exact) mass is 356 g/mol. The summed E-state index contributed by atoms with van der Waals surface area (Å²) in [7, 11) is 0. The normalized spacial score (nSPS) is 10.4. The van der Waals surface area contributed by atoms with Crippen LogP contribution in [0.4, 0.5) is 10.8 Å². The molecule has 0 unspecified atom stereocenters. The number of hydrogen-bond donors (Lipinski definition) is 1. The van der Waals surface area contributed by atoms with E-state index in [1.165, 1.54) is 47.0 Å². The average molecular weight is 356 g/mol. The molecule has 0 spiro atoms. The van der Waals surface area contributed by atoms with Crippen LogP contribution in [0.15, 0.2) is 28.6 Å². The van der Waals surface area contributed by atoms with Gasteiger partial charge in [0.1, 0.15) is 0 Å². The van der Waals surface area contributed by atoms with Gasteiger partial charge in [-0.2, -0.15) is 0 Å². The van der Waals surface area contributed by atoms with Crippen LogP contribution in [0.3, 0.4) is 0 Å². The first-order valence-corrected chi connectivity index (χ1v) is 9.26. The number of benzene rings is 1. The lowest BCUT2D eigenvalue weighted by atomic mass is 10.2. The van der Waals surface area contributed by atoms with E-state index >= 15 is 0 Å². The quantitative estimate of drug-likeness (QED) is 0.352. The maximum atomic E-state index is 11.8. The molecule has 0 fully saturated rings. The van der Waals surface area contributed by atoms with Gasteiger partial charge in [0.2, 0.25) is 11.0 Å². The van der Waals surface area contributed by atoms with Gasteiger partial charge in [0, 0.05) is 17.9 Å². The second-order valence-corrected chi connectivity index (χ2v) is 7.06. The van der Waals surface area contributed by atoms with Gasteiger partial charge in [-0.05, 0) is 11.8 Å². The Morgan fingerprint density at radius 2 is 2.09 bits per heavy atom. The summed E-state index contributed by atoms with van der Waals surface area (Å²) in [5.41, 5.74) is 0.997. The molecule has 1 aromatic carbocycles. The molecule has 2 aromatic rings. The van der Waals surface area contributed by atoms with Gasteiger partial charge >= 0.3 is 0 Å². The number of nitro groups is 1. The van der Waals surface area contributed by atoms with Crippen molar-refractivity contribution in [2.75, 3.05) is 17.3 Å². The van der Waals surface area contributed by atoms with Gasteiger partial charge in [0.05, 0.1) is 10.7 Å². The van der Waals surface area contributed by atoms with Crippen LogP contribution in [0.25, 0.3) is 0 Å². The minimum atomic E-state index is -0.435. The Morgan fingerprint density at radius 3 is 2.68 bits per heavy atom. The van der Waals surface area contributed by atoms with Crippen molar-refractivity contribution in [2.24, 2.45) is 0 Å². The van der Waals surface area contributed by atoms with E-state index in [9.17, 15) is 14.9 Å². The fraction of sp³-hybridized carbons (Fsp3) is 0.250. The predicted octanol–water partition coefficient (Wildman–Crippen LogP) is 3.04. The third kappa shape index (κ3) is 4.97. The van der Waals surface area contributed by atoms with Crippen molar-refractivity contribution in [3.63, 3.8) is 0 Å². The Labute approximate surface area is 139 Å². The molecule has 0 bridgehead atoms. The van der Waals surface area contributed by atoms with Crippen LogP contribution < -0.4 is 5.32 Å². The maximum Gasteiger partial charge on any atom is 0.269 e. The summed E-state index contributed by atoms with van der Waals surface area (Å²) in [6.45, 7) is 0. The molecule has 0 radical (unpaired) electrons. The third-order valence-corrected chi connectivity index (χ3v) is 5.29. The highest BCUT2D eigenvalue weighted by Crippen LogP contribution is 2.23. The van der Waals surface area contributed by atoms with Crippen LogP contribution in [-0.2, 0) is 10.5 Å². The number of thioether (sulfide) groups is 2. The Bertz CT molecular complexity index is 660. The smallest absolute Gasteiger partial charge is 0.269 e. The number of nitro benzene ring substituents is 1. The highest BCUT2D eigenvalue weighted by atomic mass is 32.2. The number of aromatic nitrogens is 2. The molecule has 0 aliphatic rings. The van der Waals surface area contributed by atoms with E-state index in [-0.39, 0.29) is 17.3 Å². The minimum absolute atomic E-state index is 0.0624. The van der Waals surface area contributed by atoms with Gasteiger partial charge in [-0.1, -0.05) is 35.2 Å². The number of amides is 1. The Morgan fingerprint density at radius 1 is 1.36 bits per heavy atom. The maximum absolute atomic E-state index is 11.8. The van der Waals surface area contributed by atoms with Gasteiger partial charge < -0.3 is 0 Å². The Balaban J connectivity index is 1.75. The first-order valence-electron chi connectivity index (χ1n) is 6.07. The second kappa shape index (κ2) is 8.11. The molecule has 1 amide bonds. The summed E-state index contributed by atoms with van der Waals surface area (Å²) in [6, 6.07) is 6.30. The third-order valence-electron chi connectivity index (χ3n) is 2.48. The summed E-state index contributed by atoms with van der Waals surface area (Å²) in [5, 5.41) is 21.5. The molecular weight excluding hydrogens is 344 g/mol. The fourth-order valence-electron chi connectivity index (χ4n) is 1.47. The first-order chi connectivity index (χ1) is 10.6. The second-order valence-electron chi connectivity index (χ2n) is 4.04. The van der Waals surface area contributed by atoms with Crippen molar-refractivity contribution >= 4 is 51.6 Å². The molecule has 1 heterocycles. The van der Waals surface area contributed by atoms with E-state index < -0.39 is 4.92 Å². The van der Waals surface area contributed by atoms with Crippen LogP contribution in [0.5, 0.6) is 0 Å². The van der Waals surface area contributed by atoms with Gasteiger partial charge in [0.25, 0.3) is 5.69 Å². The number of carbonyl (C=O) groups excluding carboxylic acids is 1. The molecular formula is C12H12N4O3S3. The van der Waals surface area contributed by atoms with Crippen LogP contribution in [0, 0.1) is 10.1 Å². The van der Waals surface area contributed by atoms with E-state index in [1.54, 1.807) is 12.1 Å². The Hall–Kier alpha value is -1.65. The number of nitrogens with one attached hydrogen (secondary N) is 1. The minimum Gasteiger partial charge on any atom is -0.300 e. The molecule has 1 aromatic heterocycles. The van der Waals surface area contributed by atoms with E-state index in [0.29, 0.717) is 10.9 Å². The van der Waals surface area contributed by atoms with Crippen LogP contribution in [0.2, 0.25) is 0 Å². The first kappa shape index (κ1) is 16.7. The van der Waals surface area contributed by atoms with Crippen molar-refractivity contribution in [3.8, 4) is 0 Å². The van der Waals surface area contributed by atoms with Crippen LogP contribution in [-0.4, -0.2) is 33.0 Å². The zero-order chi connectivity index (χ0) is 15.9. The topological polar surface area (TPSA) is 98.0 Å². The predicted molar refractivity (Wildman–Crippen MR) is 89.6 cm³/mol. The zero-order valence-corrected chi connectivity index (χ0v) is 14.0. The van der Waals surface area contributed by atoms with E-state index in [4.69, 9.17) is 0 Å². The fourth-order valence-corrected chi connectivity index (χ4v) is 3.45. The standard InChI is InChI=1S/C12H12N4O3S3/c1-20-12-15-14-11(22-12)13-10(17)7-21-6-8-2-4-9(5-3-8)16(18)19/h2-5H,6-7H2,1H3,(H,13,14,17). The molecule has 2 rings (SSSR count). The van der Waals surface area contributed by atoms with Crippen molar-refractivity contribution in [1.29, 1.82) is 0 Å². The van der Waals surface area contributed by atoms with Gasteiger partial charge in [-0.25, -0.2) is 0 Å². The lowest BCUT2D eigenvalue weighted by Crippen LogP contribution is -2.13. The number of non-ortho nitro benzene ring substituents is 1. The summed E-state index contributed by atoms with van der Waals surface area (Å²) in [4.78, 5) is 21.9. The summed E-state index contributed by atoms with van der Waals surface area (Å²) >= 11 is 4.24. The molecule has 0 saturated heterocycles. The van der Waals surface area contributed by atoms with Crippen LogP contribution in [0.1, 0.15) is 5.56 Å². The molecule has 0 aliphatic heterocycles. The van der Waals surface area contributed by atoms with Gasteiger partial charge in [-0.3, -0.25) is 20.2 Å². The average Bonchev–Trinajstić information content (AvgIpc) is 2.95. The molecule has 0 aliphatic carbocycles. The van der Waals surface area contributed by atoms with Crippen molar-refractivity contribution in [2.45, 2.75) is 10.1 Å². The van der Waals surface area contributed by atoms with Gasteiger partial charge in [0.15, 0.2) is 4.34 Å². The van der Waals surface area contributed by atoms with Crippen molar-refractivity contribution < 1.29 is 9.72 Å². The van der Waals surface area contributed by atoms with E-state index in [2.05, 4.69) is 15.5 Å². The number of carbonyl (C=O) groups is 1. The summed E-state index contributed by atoms with van der Waals surface area (Å²) in [6.07, 6.45) is 1.90. The largest absolute Gasteiger partial charge is 0.300 e. The van der Waals surface area contributed by atoms with E-state index in [1.807, 2.05) is 6.26 Å². The number of rotatable bonds is 7. The summed E-state index contributed by atoms with van der Waals surface area (Å²) in [5.74, 6) is 0.749. The molecule has 0 saturated carbocycles. The van der Waals surface area contributed by atoms with Crippen LogP contribution >= 0.6 is 34.9 Å². The number of nitrogens with zero attached hydrogens (tertiary/aromatic N) is 3. The number of anilines is 1. The zero-order valence-electron chi connectivity index (χ0n) is 11.5.